The van der Waals surface area contributed by atoms with Gasteiger partial charge in [-0.1, -0.05) is 100 Å². The van der Waals surface area contributed by atoms with Gasteiger partial charge in [0.15, 0.2) is 11.9 Å². The first-order valence-corrected chi connectivity index (χ1v) is 11.3. The zero-order chi connectivity index (χ0) is 20.3. The fraction of sp³-hybridized carbons (Fsp3) is 0.407. The van der Waals surface area contributed by atoms with Gasteiger partial charge in [-0.25, -0.2) is 0 Å². The van der Waals surface area contributed by atoms with Crippen molar-refractivity contribution in [3.63, 3.8) is 0 Å². The number of Topliss-reactive ketones (excluding diaryl/α,β-unsaturated/α-hetero) is 1. The molecule has 29 heavy (non-hydrogen) atoms. The highest BCUT2D eigenvalue weighted by Gasteiger charge is 2.19. The van der Waals surface area contributed by atoms with Crippen LogP contribution in [0.25, 0.3) is 10.8 Å². The van der Waals surface area contributed by atoms with E-state index in [4.69, 9.17) is 0 Å². The zero-order valence-electron chi connectivity index (χ0n) is 17.8. The number of ketones is 1. The Morgan fingerprint density at radius 2 is 1.41 bits per heavy atom. The van der Waals surface area contributed by atoms with Crippen LogP contribution >= 0.6 is 0 Å². The van der Waals surface area contributed by atoms with E-state index in [1.165, 1.54) is 67.8 Å². The van der Waals surface area contributed by atoms with E-state index in [-0.39, 0.29) is 5.78 Å². The topological polar surface area (TPSA) is 20.9 Å². The van der Waals surface area contributed by atoms with Crippen molar-refractivity contribution in [1.82, 2.24) is 0 Å². The van der Waals surface area contributed by atoms with Crippen LogP contribution in [-0.4, -0.2) is 5.78 Å². The summed E-state index contributed by atoms with van der Waals surface area (Å²) in [4.78, 5) is 12.8. The molecule has 0 amide bonds. The van der Waals surface area contributed by atoms with Gasteiger partial charge in [-0.15, -0.1) is 0 Å². The predicted molar refractivity (Wildman–Crippen MR) is 121 cm³/mol. The van der Waals surface area contributed by atoms with Gasteiger partial charge in [0.05, 0.1) is 0 Å². The molecule has 0 spiro atoms. The van der Waals surface area contributed by atoms with Gasteiger partial charge in [0.25, 0.3) is 0 Å². The van der Waals surface area contributed by atoms with Crippen LogP contribution in [0.5, 0.6) is 0 Å². The molecular weight excluding hydrogens is 354 g/mol. The summed E-state index contributed by atoms with van der Waals surface area (Å²) in [6, 6.07) is 20.3. The second-order valence-electron chi connectivity index (χ2n) is 7.99. The Kier molecular flexibility index (Phi) is 8.42. The minimum absolute atomic E-state index is 0.169. The average Bonchev–Trinajstić information content (AvgIpc) is 2.77. The lowest BCUT2D eigenvalue weighted by Crippen LogP contribution is -2.42. The van der Waals surface area contributed by atoms with Crippen LogP contribution in [0.1, 0.15) is 74.3 Å². The van der Waals surface area contributed by atoms with Crippen molar-refractivity contribution in [2.75, 3.05) is 0 Å². The van der Waals surface area contributed by atoms with Crippen molar-refractivity contribution in [3.05, 3.63) is 78.1 Å². The van der Waals surface area contributed by atoms with E-state index < -0.39 is 0 Å². The van der Waals surface area contributed by atoms with Gasteiger partial charge < -0.3 is 0 Å². The first-order valence-electron chi connectivity index (χ1n) is 11.3. The lowest BCUT2D eigenvalue weighted by Gasteiger charge is -2.08. The number of pyridine rings is 1. The summed E-state index contributed by atoms with van der Waals surface area (Å²) < 4.78 is 2.17. The monoisotopic (exact) mass is 388 g/mol. The molecule has 1 heterocycles. The summed E-state index contributed by atoms with van der Waals surface area (Å²) in [5.41, 5.74) is 2.07. The summed E-state index contributed by atoms with van der Waals surface area (Å²) in [7, 11) is 0. The fourth-order valence-electron chi connectivity index (χ4n) is 4.04. The maximum Gasteiger partial charge on any atom is 0.227 e. The standard InChI is InChI=1S/C27H34NO/c1-2-3-4-5-6-7-8-12-19-26-25-18-14-13-15-23(25)20-21-28(26)22-27(29)24-16-10-9-11-17-24/h9-11,13-18,20-21H,2-8,12,19,22H2,1H3/q+1. The molecule has 2 aromatic carbocycles. The highest BCUT2D eigenvalue weighted by atomic mass is 16.1. The summed E-state index contributed by atoms with van der Waals surface area (Å²) in [5.74, 6) is 0.169. The number of benzene rings is 2. The van der Waals surface area contributed by atoms with E-state index in [9.17, 15) is 4.79 Å². The van der Waals surface area contributed by atoms with Crippen molar-refractivity contribution in [1.29, 1.82) is 0 Å². The lowest BCUT2D eigenvalue weighted by molar-refractivity contribution is -0.689. The number of aromatic nitrogens is 1. The second-order valence-corrected chi connectivity index (χ2v) is 7.99. The molecule has 3 rings (SSSR count). The summed E-state index contributed by atoms with van der Waals surface area (Å²) in [6.45, 7) is 2.67. The van der Waals surface area contributed by atoms with Crippen LogP contribution in [0, 0.1) is 0 Å². The summed E-state index contributed by atoms with van der Waals surface area (Å²) in [6.07, 6.45) is 13.6. The first-order chi connectivity index (χ1) is 14.3. The maximum atomic E-state index is 12.8. The Bertz CT molecular complexity index is 901. The number of fused-ring (bicyclic) bond motifs is 1. The number of unbranched alkanes of at least 4 members (excludes halogenated alkanes) is 7. The Morgan fingerprint density at radius 3 is 2.17 bits per heavy atom. The normalized spacial score (nSPS) is 11.1. The molecule has 0 aliphatic carbocycles. The van der Waals surface area contributed by atoms with Gasteiger partial charge in [-0.3, -0.25) is 4.79 Å². The van der Waals surface area contributed by atoms with Crippen LogP contribution < -0.4 is 4.57 Å². The fourth-order valence-corrected chi connectivity index (χ4v) is 4.04. The van der Waals surface area contributed by atoms with Crippen molar-refractivity contribution in [2.45, 2.75) is 71.3 Å². The van der Waals surface area contributed by atoms with Gasteiger partial charge in [0, 0.05) is 23.4 Å². The Balaban J connectivity index is 1.67. The van der Waals surface area contributed by atoms with Crippen LogP contribution in [-0.2, 0) is 13.0 Å². The molecule has 152 valence electrons. The minimum Gasteiger partial charge on any atom is -0.287 e. The molecule has 0 saturated heterocycles. The molecule has 0 N–H and O–H groups in total. The minimum atomic E-state index is 0.169. The molecule has 0 atom stereocenters. The molecular formula is C27H34NO+. The first kappa shape index (κ1) is 21.2. The van der Waals surface area contributed by atoms with E-state index in [1.54, 1.807) is 0 Å². The maximum absolute atomic E-state index is 12.8. The zero-order valence-corrected chi connectivity index (χ0v) is 17.8. The number of carbonyl (C=O) groups is 1. The van der Waals surface area contributed by atoms with Gasteiger partial charge in [0.2, 0.25) is 12.3 Å². The quantitative estimate of drug-likeness (QED) is 0.192. The van der Waals surface area contributed by atoms with Crippen LogP contribution in [0.2, 0.25) is 0 Å². The SMILES string of the molecule is CCCCCCCCCCc1c2ccccc2cc[n+]1CC(=O)c1ccccc1. The third-order valence-electron chi connectivity index (χ3n) is 5.73. The number of carbonyl (C=O) groups excluding carboxylic acids is 1. The van der Waals surface area contributed by atoms with E-state index in [2.05, 4.69) is 48.0 Å². The van der Waals surface area contributed by atoms with Gasteiger partial charge in [-0.2, -0.15) is 4.57 Å². The van der Waals surface area contributed by atoms with Gasteiger partial charge in [-0.05, 0) is 17.9 Å². The highest BCUT2D eigenvalue weighted by molar-refractivity contribution is 5.95. The molecule has 0 saturated carbocycles. The molecule has 0 bridgehead atoms. The molecule has 0 radical (unpaired) electrons. The molecule has 3 aromatic rings. The van der Waals surface area contributed by atoms with Gasteiger partial charge >= 0.3 is 0 Å². The van der Waals surface area contributed by atoms with E-state index in [1.807, 2.05) is 30.3 Å². The number of hydrogen-bond donors (Lipinski definition) is 0. The summed E-state index contributed by atoms with van der Waals surface area (Å²) >= 11 is 0. The molecule has 2 heteroatoms. The Hall–Kier alpha value is -2.48. The van der Waals surface area contributed by atoms with Crippen molar-refractivity contribution >= 4 is 16.6 Å². The van der Waals surface area contributed by atoms with Gasteiger partial charge in [0.1, 0.15) is 0 Å². The Labute approximate surface area is 175 Å². The number of nitrogens with zero attached hydrogens (tertiary/aromatic N) is 1. The largest absolute Gasteiger partial charge is 0.287 e. The van der Waals surface area contributed by atoms with Crippen molar-refractivity contribution < 1.29 is 9.36 Å². The third kappa shape index (κ3) is 6.25. The average molecular weight is 389 g/mol. The third-order valence-corrected chi connectivity index (χ3v) is 5.73. The van der Waals surface area contributed by atoms with Crippen molar-refractivity contribution in [2.24, 2.45) is 0 Å². The van der Waals surface area contributed by atoms with E-state index >= 15 is 0 Å². The predicted octanol–water partition coefficient (Wildman–Crippen LogP) is 6.69. The lowest BCUT2D eigenvalue weighted by atomic mass is 10.0. The van der Waals surface area contributed by atoms with Crippen LogP contribution in [0.3, 0.4) is 0 Å². The van der Waals surface area contributed by atoms with Crippen LogP contribution in [0.15, 0.2) is 66.9 Å². The number of rotatable bonds is 12. The van der Waals surface area contributed by atoms with E-state index in [0.29, 0.717) is 6.54 Å². The van der Waals surface area contributed by atoms with E-state index in [0.717, 1.165) is 12.0 Å². The molecule has 0 aliphatic heterocycles. The Morgan fingerprint density at radius 1 is 0.759 bits per heavy atom. The summed E-state index contributed by atoms with van der Waals surface area (Å²) in [5, 5.41) is 2.53. The van der Waals surface area contributed by atoms with Crippen LogP contribution in [0.4, 0.5) is 0 Å². The molecule has 0 unspecified atom stereocenters. The number of hydrogen-bond acceptors (Lipinski definition) is 1. The highest BCUT2D eigenvalue weighted by Crippen LogP contribution is 2.18. The molecule has 2 nitrogen and oxygen atoms in total. The number of aryl methyl sites for hydroxylation is 1. The van der Waals surface area contributed by atoms with Crippen molar-refractivity contribution in [3.8, 4) is 0 Å². The molecule has 0 fully saturated rings. The second kappa shape index (κ2) is 11.5. The molecule has 1 aromatic heterocycles. The molecule has 0 aliphatic rings. The smallest absolute Gasteiger partial charge is 0.227 e.